The number of hydrogen-bond donors (Lipinski definition) is 8. The summed E-state index contributed by atoms with van der Waals surface area (Å²) in [6.45, 7) is 3.65. The summed E-state index contributed by atoms with van der Waals surface area (Å²) in [7, 11) is -18.9. The van der Waals surface area contributed by atoms with Crippen molar-refractivity contribution in [3.8, 4) is 11.5 Å². The van der Waals surface area contributed by atoms with Crippen LogP contribution in [0, 0.1) is 0 Å². The van der Waals surface area contributed by atoms with Crippen molar-refractivity contribution in [2.75, 3.05) is 0 Å². The third kappa shape index (κ3) is 12.0. The van der Waals surface area contributed by atoms with Gasteiger partial charge in [-0.2, -0.15) is 33.7 Å². The quantitative estimate of drug-likeness (QED) is 0.0147. The van der Waals surface area contributed by atoms with Crippen molar-refractivity contribution in [2.24, 2.45) is 20.5 Å². The van der Waals surface area contributed by atoms with Gasteiger partial charge in [-0.15, -0.1) is 29.1 Å². The van der Waals surface area contributed by atoms with Crippen LogP contribution >= 0.6 is 24.1 Å². The van der Waals surface area contributed by atoms with Gasteiger partial charge in [0.1, 0.15) is 37.4 Å². The topological polar surface area (TPSA) is 385 Å². The summed E-state index contributed by atoms with van der Waals surface area (Å²) in [5, 5.41) is 62.7. The van der Waals surface area contributed by atoms with Crippen LogP contribution in [0.5, 0.6) is 11.5 Å². The Morgan fingerprint density at radius 2 is 1.09 bits per heavy atom. The Morgan fingerprint density at radius 3 is 1.66 bits per heavy atom. The number of phenolic OH excluding ortho intramolecular Hbond substituents is 2. The van der Waals surface area contributed by atoms with Gasteiger partial charge in [0.2, 0.25) is 0 Å². The Morgan fingerprint density at radius 1 is 0.514 bits per heavy atom. The van der Waals surface area contributed by atoms with Crippen LogP contribution in [0.2, 0.25) is 0 Å². The van der Waals surface area contributed by atoms with Crippen LogP contribution in [0.25, 0.3) is 32.3 Å². The molecule has 0 radical (unpaired) electrons. The van der Waals surface area contributed by atoms with E-state index in [-0.39, 0.29) is 60.6 Å². The third-order valence-electron chi connectivity index (χ3n) is 9.86. The molecule has 70 heavy (non-hydrogen) atoms. The van der Waals surface area contributed by atoms with E-state index in [4.69, 9.17) is 10.5 Å². The second kappa shape index (κ2) is 21.7. The predicted octanol–water partition coefficient (Wildman–Crippen LogP) is 10.0. The first-order chi connectivity index (χ1) is 32.9. The summed E-state index contributed by atoms with van der Waals surface area (Å²) in [6.07, 6.45) is 0.995. The monoisotopic (exact) mass is 1080 g/mol. The fraction of sp³-hybridized carbons (Fsp3) is 0.100. The normalized spacial score (nSPS) is 12.6. The molecule has 30 heteroatoms. The molecule has 0 amide bonds. The van der Waals surface area contributed by atoms with E-state index in [0.717, 1.165) is 36.2 Å². The minimum atomic E-state index is -4.98. The molecular formula is C40H34N4O20S6. The van der Waals surface area contributed by atoms with E-state index < -0.39 is 71.5 Å². The van der Waals surface area contributed by atoms with E-state index >= 15 is 0 Å². The molecule has 0 saturated carbocycles. The lowest BCUT2D eigenvalue weighted by atomic mass is 10.0. The van der Waals surface area contributed by atoms with E-state index in [0.29, 0.717) is 40.4 Å². The number of azo groups is 2. The summed E-state index contributed by atoms with van der Waals surface area (Å²) in [4.78, 5) is -2.15. The molecule has 0 aromatic heterocycles. The highest BCUT2D eigenvalue weighted by Crippen LogP contribution is 2.47. The molecule has 0 unspecified atom stereocenters. The summed E-state index contributed by atoms with van der Waals surface area (Å²) in [5.74, 6) is -0.806. The Labute approximate surface area is 405 Å². The summed E-state index contributed by atoms with van der Waals surface area (Å²) in [6, 6.07) is 21.4. The van der Waals surface area contributed by atoms with Gasteiger partial charge in [-0.25, -0.2) is 10.5 Å². The highest BCUT2D eigenvalue weighted by atomic mass is 32.2. The smallest absolute Gasteiger partial charge is 0.297 e. The Bertz CT molecular complexity index is 3710. The van der Waals surface area contributed by atoms with Crippen molar-refractivity contribution in [2.45, 2.75) is 56.1 Å². The standard InChI is InChI=1S/C22H18N2O10S3.C18H16N2O10S3/c1-2-12-6-7-14-13(10-12)11-18(35-34-33-26)20(21(14)25)24-23-17-9-8-15-16(22(17)37(30,31)32)4-3-5-19(15)36(27,28)29;1-2-10-7-12(32(23,24)25)8-11-9-14(31-30-29-22)17(18(21)16(10)11)20-19-13-5-3-4-6-15(13)33(26,27)28/h3-11,25-26H,2H2,1H3,(H,27,28,29)(H,30,31,32);3-9,21-22H,2H2,1H3,(H,23,24,25)(H,26,27,28). The maximum absolute atomic E-state index is 12.3. The van der Waals surface area contributed by atoms with Crippen molar-refractivity contribution < 1.29 is 91.4 Å². The van der Waals surface area contributed by atoms with Gasteiger partial charge in [-0.05, 0) is 83.3 Å². The highest BCUT2D eigenvalue weighted by Gasteiger charge is 2.25. The van der Waals surface area contributed by atoms with Crippen LogP contribution in [0.15, 0.2) is 147 Å². The molecule has 0 aliphatic heterocycles. The third-order valence-corrected chi connectivity index (χ3v) is 14.7. The number of hydrogen-bond acceptors (Lipinski definition) is 22. The molecule has 0 heterocycles. The largest absolute Gasteiger partial charge is 0.505 e. The first-order valence-corrected chi connectivity index (χ1v) is 26.5. The molecular weight excluding hydrogens is 1050 g/mol. The molecule has 0 bridgehead atoms. The maximum atomic E-state index is 12.3. The van der Waals surface area contributed by atoms with Gasteiger partial charge in [0.05, 0.1) is 38.8 Å². The van der Waals surface area contributed by atoms with Crippen LogP contribution in [0.1, 0.15) is 25.0 Å². The van der Waals surface area contributed by atoms with Crippen molar-refractivity contribution >= 4 is 120 Å². The molecule has 7 aromatic carbocycles. The fourth-order valence-electron chi connectivity index (χ4n) is 6.85. The van der Waals surface area contributed by atoms with Crippen LogP contribution in [0.3, 0.4) is 0 Å². The van der Waals surface area contributed by atoms with Crippen LogP contribution in [-0.4, -0.2) is 72.6 Å². The molecule has 0 spiro atoms. The summed E-state index contributed by atoms with van der Waals surface area (Å²) in [5.41, 5.74) is 0.305. The fourth-order valence-corrected chi connectivity index (χ4v) is 10.6. The molecule has 0 aliphatic carbocycles. The zero-order valence-corrected chi connectivity index (χ0v) is 40.3. The first kappa shape index (κ1) is 53.6. The van der Waals surface area contributed by atoms with Crippen molar-refractivity contribution in [3.63, 3.8) is 0 Å². The van der Waals surface area contributed by atoms with Gasteiger partial charge in [-0.3, -0.25) is 18.2 Å². The van der Waals surface area contributed by atoms with E-state index in [1.807, 2.05) is 13.0 Å². The molecule has 0 saturated heterocycles. The predicted molar refractivity (Wildman–Crippen MR) is 249 cm³/mol. The molecule has 0 fully saturated rings. The number of nitrogens with zero attached hydrogens (tertiary/aromatic N) is 4. The summed E-state index contributed by atoms with van der Waals surface area (Å²) < 4.78 is 142. The molecule has 24 nitrogen and oxygen atoms in total. The lowest BCUT2D eigenvalue weighted by Crippen LogP contribution is -2.03. The lowest BCUT2D eigenvalue weighted by Gasteiger charge is -2.13. The number of fused-ring (bicyclic) bond motifs is 3. The maximum Gasteiger partial charge on any atom is 0.297 e. The lowest BCUT2D eigenvalue weighted by molar-refractivity contribution is -0.432. The number of aromatic hydroxyl groups is 2. The SMILES string of the molecule is CCc1cc(S(=O)(=O)O)cc2cc(SOOO)c(N=Nc3ccccc3S(=O)(=O)O)c(O)c12.CCc1ccc2c(O)c(N=Nc3ccc4c(S(=O)(=O)O)cccc4c3S(=O)(=O)O)c(SOOO)cc2c1. The zero-order valence-electron chi connectivity index (χ0n) is 35.4. The van der Waals surface area contributed by atoms with E-state index in [1.54, 1.807) is 25.1 Å². The minimum absolute atomic E-state index is 0.0170. The number of rotatable bonds is 16. The van der Waals surface area contributed by atoms with Gasteiger partial charge in [0.15, 0.2) is 11.5 Å². The van der Waals surface area contributed by atoms with E-state index in [9.17, 15) is 62.1 Å². The van der Waals surface area contributed by atoms with Gasteiger partial charge >= 0.3 is 0 Å². The average Bonchev–Trinajstić information content (AvgIpc) is 3.30. The van der Waals surface area contributed by atoms with E-state index in [2.05, 4.69) is 39.2 Å². The van der Waals surface area contributed by atoms with Gasteiger partial charge in [0.25, 0.3) is 40.5 Å². The molecule has 0 atom stereocenters. The Balaban J connectivity index is 0.000000231. The zero-order chi connectivity index (χ0) is 51.3. The summed E-state index contributed by atoms with van der Waals surface area (Å²) >= 11 is 0.876. The number of benzene rings is 7. The minimum Gasteiger partial charge on any atom is -0.505 e. The van der Waals surface area contributed by atoms with Crippen molar-refractivity contribution in [1.29, 1.82) is 0 Å². The van der Waals surface area contributed by atoms with Crippen molar-refractivity contribution in [3.05, 3.63) is 108 Å². The Hall–Kier alpha value is -5.78. The second-order valence-corrected chi connectivity index (χ2v) is 21.1. The molecule has 8 N–H and O–H groups in total. The average molecular weight is 1080 g/mol. The molecule has 370 valence electrons. The van der Waals surface area contributed by atoms with Crippen LogP contribution in [-0.2, 0) is 72.1 Å². The number of aryl methyl sites for hydroxylation is 2. The molecule has 7 aromatic rings. The molecule has 0 aliphatic rings. The highest BCUT2D eigenvalue weighted by molar-refractivity contribution is 7.95. The van der Waals surface area contributed by atoms with Gasteiger partial charge in [0, 0.05) is 21.5 Å². The van der Waals surface area contributed by atoms with Crippen LogP contribution < -0.4 is 0 Å². The Kier molecular flexibility index (Phi) is 16.6. The first-order valence-electron chi connectivity index (χ1n) is 19.2. The number of phenols is 2. The second-order valence-electron chi connectivity index (χ2n) is 14.1. The molecule has 7 rings (SSSR count). The van der Waals surface area contributed by atoms with Gasteiger partial charge < -0.3 is 10.2 Å². The van der Waals surface area contributed by atoms with Crippen molar-refractivity contribution in [1.82, 2.24) is 0 Å². The van der Waals surface area contributed by atoms with Crippen LogP contribution in [0.4, 0.5) is 22.7 Å². The van der Waals surface area contributed by atoms with Gasteiger partial charge in [-0.1, -0.05) is 72.5 Å². The van der Waals surface area contributed by atoms with E-state index in [1.165, 1.54) is 48.5 Å².